The maximum Gasteiger partial charge on any atom is 0.181 e. The molecule has 0 aliphatic rings. The average molecular weight is 274 g/mol. The summed E-state index contributed by atoms with van der Waals surface area (Å²) in [5.74, 6) is 1.25. The molecule has 0 aromatic heterocycles. The predicted molar refractivity (Wildman–Crippen MR) is 75.2 cm³/mol. The van der Waals surface area contributed by atoms with Gasteiger partial charge in [0.2, 0.25) is 0 Å². The lowest BCUT2D eigenvalue weighted by molar-refractivity contribution is 0.482. The molecule has 4 heteroatoms. The lowest BCUT2D eigenvalue weighted by atomic mass is 10.3. The molecule has 0 saturated heterocycles. The highest BCUT2D eigenvalue weighted by Crippen LogP contribution is 2.22. The van der Waals surface area contributed by atoms with E-state index in [1.54, 1.807) is 12.1 Å². The lowest BCUT2D eigenvalue weighted by Crippen LogP contribution is -2.03. The second kappa shape index (κ2) is 5.71. The molecule has 98 valence electrons. The molecule has 0 saturated carbocycles. The number of hydrogen-bond acceptors (Lipinski definition) is 3. The molecule has 0 aliphatic carbocycles. The van der Waals surface area contributed by atoms with Gasteiger partial charge in [0.25, 0.3) is 0 Å². The minimum absolute atomic E-state index is 0.0636. The summed E-state index contributed by atoms with van der Waals surface area (Å²) in [7, 11) is -3.27. The van der Waals surface area contributed by atoms with E-state index in [9.17, 15) is 8.42 Å². The van der Waals surface area contributed by atoms with Crippen LogP contribution in [0.15, 0.2) is 72.1 Å². The van der Waals surface area contributed by atoms with E-state index in [2.05, 4.69) is 6.58 Å². The molecule has 0 heterocycles. The normalized spacial score (nSPS) is 10.9. The molecule has 0 amide bonds. The number of benzene rings is 2. The Hall–Kier alpha value is -2.07. The van der Waals surface area contributed by atoms with Crippen molar-refractivity contribution in [3.63, 3.8) is 0 Å². The maximum atomic E-state index is 11.8. The summed E-state index contributed by atoms with van der Waals surface area (Å²) >= 11 is 0. The van der Waals surface area contributed by atoms with Crippen molar-refractivity contribution < 1.29 is 13.2 Å². The van der Waals surface area contributed by atoms with Crippen LogP contribution in [0.4, 0.5) is 0 Å². The molecule has 0 radical (unpaired) electrons. The van der Waals surface area contributed by atoms with Gasteiger partial charge in [-0.1, -0.05) is 24.3 Å². The molecular weight excluding hydrogens is 260 g/mol. The van der Waals surface area contributed by atoms with Crippen molar-refractivity contribution in [2.24, 2.45) is 0 Å². The van der Waals surface area contributed by atoms with Crippen LogP contribution in [0.2, 0.25) is 0 Å². The van der Waals surface area contributed by atoms with Gasteiger partial charge >= 0.3 is 0 Å². The van der Waals surface area contributed by atoms with E-state index in [0.29, 0.717) is 11.5 Å². The molecule has 0 aliphatic heterocycles. The van der Waals surface area contributed by atoms with Crippen molar-refractivity contribution in [2.45, 2.75) is 4.90 Å². The Morgan fingerprint density at radius 1 is 0.947 bits per heavy atom. The standard InChI is InChI=1S/C15H14O3S/c1-2-12-19(16,17)15-10-8-14(9-11-15)18-13-6-4-3-5-7-13/h2-11H,1,12H2. The molecule has 0 fully saturated rings. The summed E-state index contributed by atoms with van der Waals surface area (Å²) in [6.07, 6.45) is 1.38. The number of rotatable bonds is 5. The third-order valence-electron chi connectivity index (χ3n) is 2.50. The Morgan fingerprint density at radius 2 is 1.53 bits per heavy atom. The minimum Gasteiger partial charge on any atom is -0.457 e. The molecular formula is C15H14O3S. The van der Waals surface area contributed by atoms with Gasteiger partial charge in [-0.2, -0.15) is 0 Å². The molecule has 0 bridgehead atoms. The second-order valence-electron chi connectivity index (χ2n) is 3.96. The SMILES string of the molecule is C=CCS(=O)(=O)c1ccc(Oc2ccccc2)cc1. The first-order valence-electron chi connectivity index (χ1n) is 5.78. The van der Waals surface area contributed by atoms with Crippen LogP contribution in [-0.4, -0.2) is 14.2 Å². The first-order chi connectivity index (χ1) is 9.12. The van der Waals surface area contributed by atoms with Crippen LogP contribution in [0.3, 0.4) is 0 Å². The minimum atomic E-state index is -3.27. The smallest absolute Gasteiger partial charge is 0.181 e. The van der Waals surface area contributed by atoms with E-state index in [4.69, 9.17) is 4.74 Å². The largest absolute Gasteiger partial charge is 0.457 e. The molecule has 2 aromatic carbocycles. The Bertz CT molecular complexity index is 644. The molecule has 0 spiro atoms. The lowest BCUT2D eigenvalue weighted by Gasteiger charge is -2.06. The highest BCUT2D eigenvalue weighted by molar-refractivity contribution is 7.91. The van der Waals surface area contributed by atoms with Crippen molar-refractivity contribution in [1.29, 1.82) is 0 Å². The van der Waals surface area contributed by atoms with E-state index in [1.807, 2.05) is 30.3 Å². The molecule has 0 unspecified atom stereocenters. The van der Waals surface area contributed by atoms with E-state index >= 15 is 0 Å². The first-order valence-corrected chi connectivity index (χ1v) is 7.44. The second-order valence-corrected chi connectivity index (χ2v) is 5.99. The summed E-state index contributed by atoms with van der Waals surface area (Å²) in [5.41, 5.74) is 0. The molecule has 2 rings (SSSR count). The first kappa shape index (κ1) is 13.4. The van der Waals surface area contributed by atoms with E-state index < -0.39 is 9.84 Å². The van der Waals surface area contributed by atoms with Crippen LogP contribution in [-0.2, 0) is 9.84 Å². The summed E-state index contributed by atoms with van der Waals surface area (Å²) in [4.78, 5) is 0.271. The quantitative estimate of drug-likeness (QED) is 0.784. The molecule has 0 atom stereocenters. The fraction of sp³-hybridized carbons (Fsp3) is 0.0667. The summed E-state index contributed by atoms with van der Waals surface area (Å²) in [6, 6.07) is 15.7. The molecule has 19 heavy (non-hydrogen) atoms. The fourth-order valence-electron chi connectivity index (χ4n) is 1.59. The molecule has 3 nitrogen and oxygen atoms in total. The Morgan fingerprint density at radius 3 is 2.11 bits per heavy atom. The van der Waals surface area contributed by atoms with Crippen LogP contribution in [0.25, 0.3) is 0 Å². The van der Waals surface area contributed by atoms with Crippen molar-refractivity contribution in [1.82, 2.24) is 0 Å². The van der Waals surface area contributed by atoms with Crippen molar-refractivity contribution >= 4 is 9.84 Å². The maximum absolute atomic E-state index is 11.8. The Balaban J connectivity index is 2.17. The zero-order valence-corrected chi connectivity index (χ0v) is 11.1. The van der Waals surface area contributed by atoms with E-state index in [0.717, 1.165) is 0 Å². The summed E-state index contributed by atoms with van der Waals surface area (Å²) in [5, 5.41) is 0. The zero-order valence-electron chi connectivity index (χ0n) is 10.3. The summed E-state index contributed by atoms with van der Waals surface area (Å²) < 4.78 is 29.2. The van der Waals surface area contributed by atoms with Crippen LogP contribution in [0, 0.1) is 0 Å². The molecule has 2 aromatic rings. The van der Waals surface area contributed by atoms with E-state index in [-0.39, 0.29) is 10.6 Å². The number of sulfone groups is 1. The number of para-hydroxylation sites is 1. The third kappa shape index (κ3) is 3.45. The van der Waals surface area contributed by atoms with Crippen LogP contribution in [0.5, 0.6) is 11.5 Å². The fourth-order valence-corrected chi connectivity index (χ4v) is 2.64. The molecule has 0 N–H and O–H groups in total. The van der Waals surface area contributed by atoms with Crippen LogP contribution >= 0.6 is 0 Å². The van der Waals surface area contributed by atoms with Gasteiger partial charge in [-0.3, -0.25) is 0 Å². The highest BCUT2D eigenvalue weighted by Gasteiger charge is 2.11. The number of ether oxygens (including phenoxy) is 1. The van der Waals surface area contributed by atoms with Gasteiger partial charge in [0.1, 0.15) is 11.5 Å². The Kier molecular flexibility index (Phi) is 4.02. The van der Waals surface area contributed by atoms with Crippen molar-refractivity contribution in [2.75, 3.05) is 5.75 Å². The number of hydrogen-bond donors (Lipinski definition) is 0. The van der Waals surface area contributed by atoms with Gasteiger partial charge in [-0.15, -0.1) is 6.58 Å². The Labute approximate surface area is 113 Å². The van der Waals surface area contributed by atoms with E-state index in [1.165, 1.54) is 18.2 Å². The van der Waals surface area contributed by atoms with Crippen LogP contribution in [0.1, 0.15) is 0 Å². The van der Waals surface area contributed by atoms with Crippen LogP contribution < -0.4 is 4.74 Å². The van der Waals surface area contributed by atoms with Crippen molar-refractivity contribution in [3.8, 4) is 11.5 Å². The zero-order chi connectivity index (χ0) is 13.7. The third-order valence-corrected chi connectivity index (χ3v) is 4.16. The predicted octanol–water partition coefficient (Wildman–Crippen LogP) is 3.44. The van der Waals surface area contributed by atoms with Gasteiger partial charge in [-0.25, -0.2) is 8.42 Å². The van der Waals surface area contributed by atoms with Gasteiger partial charge < -0.3 is 4.74 Å². The van der Waals surface area contributed by atoms with Gasteiger partial charge in [0.15, 0.2) is 9.84 Å². The van der Waals surface area contributed by atoms with Gasteiger partial charge in [0.05, 0.1) is 10.6 Å². The summed E-state index contributed by atoms with van der Waals surface area (Å²) in [6.45, 7) is 3.44. The van der Waals surface area contributed by atoms with Gasteiger partial charge in [-0.05, 0) is 36.4 Å². The monoisotopic (exact) mass is 274 g/mol. The van der Waals surface area contributed by atoms with Gasteiger partial charge in [0, 0.05) is 0 Å². The topological polar surface area (TPSA) is 43.4 Å². The average Bonchev–Trinajstić information content (AvgIpc) is 2.40. The van der Waals surface area contributed by atoms with Crippen molar-refractivity contribution in [3.05, 3.63) is 67.3 Å². The highest BCUT2D eigenvalue weighted by atomic mass is 32.2.